The van der Waals surface area contributed by atoms with Crippen LogP contribution in [0.1, 0.15) is 36.2 Å². The van der Waals surface area contributed by atoms with Gasteiger partial charge in [0.2, 0.25) is 5.91 Å². The molecule has 148 valence electrons. The number of amides is 1. The highest BCUT2D eigenvalue weighted by atomic mass is 19.1. The molecule has 9 nitrogen and oxygen atoms in total. The van der Waals surface area contributed by atoms with E-state index in [1.54, 1.807) is 10.6 Å². The van der Waals surface area contributed by atoms with E-state index in [-0.39, 0.29) is 43.5 Å². The van der Waals surface area contributed by atoms with Crippen molar-refractivity contribution in [3.63, 3.8) is 0 Å². The molecule has 2 aromatic heterocycles. The fourth-order valence-electron chi connectivity index (χ4n) is 3.43. The summed E-state index contributed by atoms with van der Waals surface area (Å²) in [6.07, 6.45) is 1.55. The fraction of sp³-hybridized carbons (Fsp3) is 0.444. The van der Waals surface area contributed by atoms with E-state index < -0.39 is 0 Å². The molecule has 1 aliphatic rings. The number of aromatic nitrogens is 5. The molecule has 4 rings (SSSR count). The molecule has 3 N–H and O–H groups in total. The van der Waals surface area contributed by atoms with Gasteiger partial charge in [-0.3, -0.25) is 4.79 Å². The number of hydrogen-bond donors (Lipinski definition) is 3. The van der Waals surface area contributed by atoms with Gasteiger partial charge in [0.25, 0.3) is 0 Å². The Morgan fingerprint density at radius 1 is 1.43 bits per heavy atom. The lowest BCUT2D eigenvalue weighted by atomic mass is 9.79. The standard InChI is InChI=1S/C18H21FN6O3/c1-25-16(7-26)23-24-18(25)10-4-12(5-10)20-17(27)9-28-8-15-21-13-3-2-11(19)6-14(13)22-15/h2-3,6,10,12,26H,4-5,7-9H2,1H3,(H,20,27)(H,21,22). The molecular weight excluding hydrogens is 367 g/mol. The number of ether oxygens (including phenoxy) is 1. The number of aromatic amines is 1. The molecule has 0 atom stereocenters. The van der Waals surface area contributed by atoms with Gasteiger partial charge in [0.15, 0.2) is 5.82 Å². The van der Waals surface area contributed by atoms with Crippen molar-refractivity contribution in [2.45, 2.75) is 38.0 Å². The zero-order valence-corrected chi connectivity index (χ0v) is 15.4. The average Bonchev–Trinajstić information content (AvgIpc) is 3.20. The number of imidazole rings is 1. The van der Waals surface area contributed by atoms with Crippen LogP contribution in [0.5, 0.6) is 0 Å². The summed E-state index contributed by atoms with van der Waals surface area (Å²) >= 11 is 0. The van der Waals surface area contributed by atoms with Gasteiger partial charge in [0.05, 0.1) is 11.0 Å². The van der Waals surface area contributed by atoms with Gasteiger partial charge in [0, 0.05) is 19.0 Å². The van der Waals surface area contributed by atoms with Gasteiger partial charge in [-0.2, -0.15) is 0 Å². The summed E-state index contributed by atoms with van der Waals surface area (Å²) in [7, 11) is 1.83. The average molecular weight is 388 g/mol. The van der Waals surface area contributed by atoms with Crippen molar-refractivity contribution in [1.29, 1.82) is 0 Å². The number of carbonyl (C=O) groups is 1. The van der Waals surface area contributed by atoms with Crippen LogP contribution in [0.3, 0.4) is 0 Å². The summed E-state index contributed by atoms with van der Waals surface area (Å²) in [5.74, 6) is 1.59. The van der Waals surface area contributed by atoms with Crippen molar-refractivity contribution in [2.24, 2.45) is 7.05 Å². The summed E-state index contributed by atoms with van der Waals surface area (Å²) in [6, 6.07) is 4.38. The number of fused-ring (bicyclic) bond motifs is 1. The van der Waals surface area contributed by atoms with Crippen LogP contribution >= 0.6 is 0 Å². The third kappa shape index (κ3) is 3.73. The first kappa shape index (κ1) is 18.5. The maximum Gasteiger partial charge on any atom is 0.246 e. The zero-order valence-electron chi connectivity index (χ0n) is 15.4. The van der Waals surface area contributed by atoms with E-state index in [2.05, 4.69) is 25.5 Å². The molecule has 0 bridgehead atoms. The molecule has 0 saturated heterocycles. The Morgan fingerprint density at radius 2 is 2.25 bits per heavy atom. The largest absolute Gasteiger partial charge is 0.388 e. The minimum atomic E-state index is -0.337. The second-order valence-corrected chi connectivity index (χ2v) is 6.96. The van der Waals surface area contributed by atoms with E-state index >= 15 is 0 Å². The number of benzene rings is 1. The summed E-state index contributed by atoms with van der Waals surface area (Å²) in [6.45, 7) is -0.0844. The molecule has 1 amide bonds. The van der Waals surface area contributed by atoms with Gasteiger partial charge in [0.1, 0.15) is 37.3 Å². The summed E-state index contributed by atoms with van der Waals surface area (Å²) < 4.78 is 20.4. The van der Waals surface area contributed by atoms with E-state index in [4.69, 9.17) is 4.74 Å². The second-order valence-electron chi connectivity index (χ2n) is 6.96. The molecule has 0 unspecified atom stereocenters. The van der Waals surface area contributed by atoms with Crippen LogP contribution in [0.4, 0.5) is 4.39 Å². The number of carbonyl (C=O) groups excluding carboxylic acids is 1. The highest BCUT2D eigenvalue weighted by molar-refractivity contribution is 5.77. The Balaban J connectivity index is 1.20. The fourth-order valence-corrected chi connectivity index (χ4v) is 3.43. The Hall–Kier alpha value is -2.85. The smallest absolute Gasteiger partial charge is 0.246 e. The molecule has 1 aliphatic carbocycles. The van der Waals surface area contributed by atoms with Crippen molar-refractivity contribution in [3.05, 3.63) is 41.5 Å². The predicted molar refractivity (Wildman–Crippen MR) is 96.5 cm³/mol. The van der Waals surface area contributed by atoms with Crippen LogP contribution < -0.4 is 5.32 Å². The van der Waals surface area contributed by atoms with Crippen molar-refractivity contribution in [3.8, 4) is 0 Å². The van der Waals surface area contributed by atoms with Crippen molar-refractivity contribution >= 4 is 16.9 Å². The van der Waals surface area contributed by atoms with Crippen molar-refractivity contribution in [1.82, 2.24) is 30.0 Å². The van der Waals surface area contributed by atoms with Gasteiger partial charge in [-0.15, -0.1) is 10.2 Å². The first-order chi connectivity index (χ1) is 13.5. The molecule has 0 spiro atoms. The van der Waals surface area contributed by atoms with E-state index in [1.807, 2.05) is 7.05 Å². The number of rotatable bonds is 7. The Bertz CT molecular complexity index is 995. The molecular formula is C18H21FN6O3. The SMILES string of the molecule is Cn1c(CO)nnc1C1CC(NC(=O)COCc2nc3ccc(F)cc3[nH]2)C1. The van der Waals surface area contributed by atoms with Gasteiger partial charge in [-0.25, -0.2) is 9.37 Å². The topological polar surface area (TPSA) is 118 Å². The Labute approximate surface area is 159 Å². The van der Waals surface area contributed by atoms with Gasteiger partial charge in [-0.1, -0.05) is 0 Å². The third-order valence-corrected chi connectivity index (χ3v) is 4.97. The van der Waals surface area contributed by atoms with E-state index in [9.17, 15) is 14.3 Å². The second kappa shape index (κ2) is 7.64. The van der Waals surface area contributed by atoms with Crippen molar-refractivity contribution in [2.75, 3.05) is 6.61 Å². The predicted octanol–water partition coefficient (Wildman–Crippen LogP) is 0.902. The lowest BCUT2D eigenvalue weighted by molar-refractivity contribution is -0.127. The van der Waals surface area contributed by atoms with Crippen LogP contribution in [-0.2, 0) is 29.8 Å². The van der Waals surface area contributed by atoms with Crippen LogP contribution in [0.15, 0.2) is 18.2 Å². The molecule has 10 heteroatoms. The number of halogens is 1. The van der Waals surface area contributed by atoms with Gasteiger partial charge < -0.3 is 24.7 Å². The molecule has 1 saturated carbocycles. The quantitative estimate of drug-likeness (QED) is 0.554. The number of nitrogens with one attached hydrogen (secondary N) is 2. The molecule has 0 radical (unpaired) electrons. The zero-order chi connectivity index (χ0) is 19.7. The molecule has 1 fully saturated rings. The van der Waals surface area contributed by atoms with Crippen LogP contribution in [0.25, 0.3) is 11.0 Å². The molecule has 28 heavy (non-hydrogen) atoms. The highest BCUT2D eigenvalue weighted by Gasteiger charge is 2.34. The maximum atomic E-state index is 13.2. The van der Waals surface area contributed by atoms with Crippen LogP contribution in [0.2, 0.25) is 0 Å². The number of aliphatic hydroxyl groups excluding tert-OH is 1. The van der Waals surface area contributed by atoms with Gasteiger partial charge in [-0.05, 0) is 31.0 Å². The number of hydrogen-bond acceptors (Lipinski definition) is 6. The van der Waals surface area contributed by atoms with E-state index in [1.165, 1.54) is 12.1 Å². The minimum Gasteiger partial charge on any atom is -0.388 e. The third-order valence-electron chi connectivity index (χ3n) is 4.97. The Morgan fingerprint density at radius 3 is 3.00 bits per heavy atom. The minimum absolute atomic E-state index is 0.0737. The van der Waals surface area contributed by atoms with E-state index in [0.29, 0.717) is 22.7 Å². The summed E-state index contributed by atoms with van der Waals surface area (Å²) in [5, 5.41) is 20.2. The van der Waals surface area contributed by atoms with Gasteiger partial charge >= 0.3 is 0 Å². The maximum absolute atomic E-state index is 13.2. The lowest BCUT2D eigenvalue weighted by Gasteiger charge is -2.35. The summed E-state index contributed by atoms with van der Waals surface area (Å²) in [4.78, 5) is 19.3. The molecule has 0 aliphatic heterocycles. The number of aliphatic hydroxyl groups is 1. The van der Waals surface area contributed by atoms with Crippen LogP contribution in [-0.4, -0.2) is 48.4 Å². The first-order valence-corrected chi connectivity index (χ1v) is 9.03. The number of H-pyrrole nitrogens is 1. The monoisotopic (exact) mass is 388 g/mol. The normalized spacial score (nSPS) is 19.0. The molecule has 1 aromatic carbocycles. The van der Waals surface area contributed by atoms with Crippen molar-refractivity contribution < 1.29 is 19.0 Å². The highest BCUT2D eigenvalue weighted by Crippen LogP contribution is 2.35. The van der Waals surface area contributed by atoms with Crippen LogP contribution in [0, 0.1) is 5.82 Å². The molecule has 3 aromatic rings. The summed E-state index contributed by atoms with van der Waals surface area (Å²) in [5.41, 5.74) is 1.25. The number of nitrogens with zero attached hydrogens (tertiary/aromatic N) is 4. The molecule has 2 heterocycles. The Kier molecular flexibility index (Phi) is 5.05. The first-order valence-electron chi connectivity index (χ1n) is 9.03. The lowest BCUT2D eigenvalue weighted by Crippen LogP contribution is -2.45. The van der Waals surface area contributed by atoms with E-state index in [0.717, 1.165) is 18.7 Å².